The first kappa shape index (κ1) is 14.7. The fourth-order valence-corrected chi connectivity index (χ4v) is 2.45. The number of H-pyrrole nitrogens is 1. The SMILES string of the molecule is O=CN1CCCC(F)(C(=O)Nc2cc(Br)c[nH]c2=O)C1. The summed E-state index contributed by atoms with van der Waals surface area (Å²) in [6.45, 7) is 0.133. The summed E-state index contributed by atoms with van der Waals surface area (Å²) in [6.07, 6.45) is 2.36. The second kappa shape index (κ2) is 5.74. The van der Waals surface area contributed by atoms with E-state index in [1.165, 1.54) is 17.2 Å². The van der Waals surface area contributed by atoms with Crippen molar-refractivity contribution in [2.45, 2.75) is 18.5 Å². The van der Waals surface area contributed by atoms with Gasteiger partial charge in [-0.05, 0) is 34.8 Å². The topological polar surface area (TPSA) is 82.3 Å². The van der Waals surface area contributed by atoms with Crippen LogP contribution in [0.2, 0.25) is 0 Å². The zero-order valence-electron chi connectivity index (χ0n) is 10.5. The van der Waals surface area contributed by atoms with Gasteiger partial charge in [-0.1, -0.05) is 0 Å². The van der Waals surface area contributed by atoms with Crippen LogP contribution in [0.25, 0.3) is 0 Å². The number of hydrogen-bond acceptors (Lipinski definition) is 3. The highest BCUT2D eigenvalue weighted by molar-refractivity contribution is 9.10. The zero-order chi connectivity index (χ0) is 14.8. The lowest BCUT2D eigenvalue weighted by molar-refractivity contribution is -0.134. The van der Waals surface area contributed by atoms with Crippen LogP contribution in [0.15, 0.2) is 21.5 Å². The molecular weight excluding hydrogens is 333 g/mol. The van der Waals surface area contributed by atoms with Crippen LogP contribution in [-0.4, -0.2) is 41.0 Å². The van der Waals surface area contributed by atoms with Gasteiger partial charge in [-0.15, -0.1) is 0 Å². The highest BCUT2D eigenvalue weighted by atomic mass is 79.9. The quantitative estimate of drug-likeness (QED) is 0.803. The number of alkyl halides is 1. The Balaban J connectivity index is 2.16. The minimum absolute atomic E-state index is 0.0229. The molecule has 0 saturated carbocycles. The van der Waals surface area contributed by atoms with Crippen molar-refractivity contribution >= 4 is 33.9 Å². The number of anilines is 1. The Morgan fingerprint density at radius 2 is 2.35 bits per heavy atom. The van der Waals surface area contributed by atoms with E-state index in [1.807, 2.05) is 0 Å². The van der Waals surface area contributed by atoms with Gasteiger partial charge in [0.05, 0.1) is 6.54 Å². The number of carbonyl (C=O) groups excluding carboxylic acids is 2. The second-order valence-corrected chi connectivity index (χ2v) is 5.58. The van der Waals surface area contributed by atoms with Gasteiger partial charge in [-0.3, -0.25) is 14.4 Å². The fourth-order valence-electron chi connectivity index (χ4n) is 2.10. The van der Waals surface area contributed by atoms with Crippen LogP contribution >= 0.6 is 15.9 Å². The highest BCUT2D eigenvalue weighted by Crippen LogP contribution is 2.26. The molecule has 6 nitrogen and oxygen atoms in total. The van der Waals surface area contributed by atoms with E-state index >= 15 is 0 Å². The Kier molecular flexibility index (Phi) is 4.22. The molecule has 108 valence electrons. The van der Waals surface area contributed by atoms with Crippen molar-refractivity contribution in [1.82, 2.24) is 9.88 Å². The van der Waals surface area contributed by atoms with Crippen LogP contribution in [0.5, 0.6) is 0 Å². The number of likely N-dealkylation sites (tertiary alicyclic amines) is 1. The Hall–Kier alpha value is -1.70. The van der Waals surface area contributed by atoms with E-state index in [4.69, 9.17) is 0 Å². The van der Waals surface area contributed by atoms with Crippen molar-refractivity contribution in [3.05, 3.63) is 27.1 Å². The number of halogens is 2. The number of piperidine rings is 1. The van der Waals surface area contributed by atoms with E-state index in [0.717, 1.165) is 0 Å². The van der Waals surface area contributed by atoms with Crippen LogP contribution < -0.4 is 10.9 Å². The Labute approximate surface area is 122 Å². The van der Waals surface area contributed by atoms with Crippen molar-refractivity contribution in [3.63, 3.8) is 0 Å². The molecule has 2 rings (SSSR count). The monoisotopic (exact) mass is 345 g/mol. The molecule has 1 aromatic rings. The molecule has 0 aromatic carbocycles. The molecule has 1 saturated heterocycles. The predicted molar refractivity (Wildman–Crippen MR) is 74.1 cm³/mol. The van der Waals surface area contributed by atoms with Gasteiger partial charge < -0.3 is 15.2 Å². The maximum Gasteiger partial charge on any atom is 0.271 e. The number of hydrogen-bond donors (Lipinski definition) is 2. The lowest BCUT2D eigenvalue weighted by Crippen LogP contribution is -2.52. The van der Waals surface area contributed by atoms with Gasteiger partial charge in [0, 0.05) is 17.2 Å². The molecule has 8 heteroatoms. The number of pyridine rings is 1. The van der Waals surface area contributed by atoms with Gasteiger partial charge in [0.2, 0.25) is 12.1 Å². The van der Waals surface area contributed by atoms with Crippen molar-refractivity contribution in [2.24, 2.45) is 0 Å². The van der Waals surface area contributed by atoms with E-state index in [9.17, 15) is 18.8 Å². The zero-order valence-corrected chi connectivity index (χ0v) is 12.1. The second-order valence-electron chi connectivity index (χ2n) is 4.66. The summed E-state index contributed by atoms with van der Waals surface area (Å²) in [7, 11) is 0. The summed E-state index contributed by atoms with van der Waals surface area (Å²) >= 11 is 3.15. The van der Waals surface area contributed by atoms with Crippen LogP contribution in [0.1, 0.15) is 12.8 Å². The van der Waals surface area contributed by atoms with E-state index in [1.54, 1.807) is 0 Å². The maximum absolute atomic E-state index is 14.6. The Morgan fingerprint density at radius 3 is 3.05 bits per heavy atom. The predicted octanol–water partition coefficient (Wildman–Crippen LogP) is 1.04. The van der Waals surface area contributed by atoms with Gasteiger partial charge in [-0.25, -0.2) is 4.39 Å². The highest BCUT2D eigenvalue weighted by Gasteiger charge is 2.42. The van der Waals surface area contributed by atoms with Gasteiger partial charge in [0.25, 0.3) is 11.5 Å². The molecule has 1 atom stereocenters. The first-order chi connectivity index (χ1) is 9.44. The largest absolute Gasteiger partial charge is 0.341 e. The summed E-state index contributed by atoms with van der Waals surface area (Å²) < 4.78 is 15.1. The van der Waals surface area contributed by atoms with Gasteiger partial charge in [0.15, 0.2) is 0 Å². The van der Waals surface area contributed by atoms with Crippen molar-refractivity contribution in [1.29, 1.82) is 0 Å². The number of carbonyl (C=O) groups is 2. The third-order valence-corrected chi connectivity index (χ3v) is 3.60. The normalized spacial score (nSPS) is 22.4. The maximum atomic E-state index is 14.6. The van der Waals surface area contributed by atoms with Gasteiger partial charge in [-0.2, -0.15) is 0 Å². The summed E-state index contributed by atoms with van der Waals surface area (Å²) in [5, 5.41) is 2.28. The average molecular weight is 346 g/mol. The number of amides is 2. The molecule has 0 aliphatic carbocycles. The molecule has 0 bridgehead atoms. The molecular formula is C12H13BrFN3O3. The van der Waals surface area contributed by atoms with E-state index in [-0.39, 0.29) is 18.7 Å². The van der Waals surface area contributed by atoms with E-state index in [0.29, 0.717) is 23.8 Å². The third-order valence-electron chi connectivity index (χ3n) is 3.14. The third kappa shape index (κ3) is 3.06. The number of aromatic nitrogens is 1. The van der Waals surface area contributed by atoms with Gasteiger partial charge in [0.1, 0.15) is 5.69 Å². The lowest BCUT2D eigenvalue weighted by Gasteiger charge is -2.33. The minimum Gasteiger partial charge on any atom is -0.341 e. The number of nitrogens with one attached hydrogen (secondary N) is 2. The first-order valence-electron chi connectivity index (χ1n) is 6.02. The number of aromatic amines is 1. The summed E-state index contributed by atoms with van der Waals surface area (Å²) in [4.78, 5) is 37.9. The average Bonchev–Trinajstić information content (AvgIpc) is 2.42. The van der Waals surface area contributed by atoms with E-state index in [2.05, 4.69) is 26.2 Å². The molecule has 1 aliphatic rings. The summed E-state index contributed by atoms with van der Waals surface area (Å²) in [5.74, 6) is -0.910. The van der Waals surface area contributed by atoms with Crippen molar-refractivity contribution in [2.75, 3.05) is 18.4 Å². The molecule has 2 amide bonds. The fraction of sp³-hybridized carbons (Fsp3) is 0.417. The van der Waals surface area contributed by atoms with Crippen LogP contribution in [0, 0.1) is 0 Å². The molecule has 0 spiro atoms. The smallest absolute Gasteiger partial charge is 0.271 e. The standard InChI is InChI=1S/C12H13BrFN3O3/c13-8-4-9(10(19)15-5-8)16-11(20)12(14)2-1-3-17(6-12)7-18/h4-5,7H,1-3,6H2,(H,15,19)(H,16,20). The van der Waals surface area contributed by atoms with Crippen LogP contribution in [0.3, 0.4) is 0 Å². The molecule has 20 heavy (non-hydrogen) atoms. The van der Waals surface area contributed by atoms with Crippen LogP contribution in [0.4, 0.5) is 10.1 Å². The van der Waals surface area contributed by atoms with Crippen LogP contribution in [-0.2, 0) is 9.59 Å². The molecule has 1 aliphatic heterocycles. The van der Waals surface area contributed by atoms with Crippen molar-refractivity contribution < 1.29 is 14.0 Å². The molecule has 0 radical (unpaired) electrons. The number of rotatable bonds is 3. The van der Waals surface area contributed by atoms with Crippen molar-refractivity contribution in [3.8, 4) is 0 Å². The molecule has 2 N–H and O–H groups in total. The molecule has 2 heterocycles. The molecule has 1 fully saturated rings. The minimum atomic E-state index is -2.17. The van der Waals surface area contributed by atoms with Gasteiger partial charge >= 0.3 is 0 Å². The summed E-state index contributed by atoms with van der Waals surface area (Å²) in [6, 6.07) is 1.39. The number of nitrogens with zero attached hydrogens (tertiary/aromatic N) is 1. The van der Waals surface area contributed by atoms with E-state index < -0.39 is 17.1 Å². The Morgan fingerprint density at radius 1 is 1.60 bits per heavy atom. The molecule has 1 aromatic heterocycles. The first-order valence-corrected chi connectivity index (χ1v) is 6.82. The Bertz CT molecular complexity index is 592. The lowest BCUT2D eigenvalue weighted by atomic mass is 9.94. The summed E-state index contributed by atoms with van der Waals surface area (Å²) in [5.41, 5.74) is -2.73. The molecule has 1 unspecified atom stereocenters.